The van der Waals surface area contributed by atoms with Gasteiger partial charge in [-0.05, 0) is 54.0 Å². The van der Waals surface area contributed by atoms with Gasteiger partial charge < -0.3 is 10.1 Å². The van der Waals surface area contributed by atoms with E-state index in [4.69, 9.17) is 4.74 Å². The van der Waals surface area contributed by atoms with Gasteiger partial charge in [-0.3, -0.25) is 4.90 Å². The van der Waals surface area contributed by atoms with Crippen LogP contribution in [0.3, 0.4) is 0 Å². The van der Waals surface area contributed by atoms with Gasteiger partial charge in [-0.1, -0.05) is 0 Å². The summed E-state index contributed by atoms with van der Waals surface area (Å²) >= 11 is 0. The van der Waals surface area contributed by atoms with E-state index in [-0.39, 0.29) is 23.8 Å². The molecule has 1 unspecified atom stereocenters. The molecule has 17 heavy (non-hydrogen) atoms. The van der Waals surface area contributed by atoms with E-state index in [0.717, 1.165) is 25.9 Å². The Morgan fingerprint density at radius 2 is 2.06 bits per heavy atom. The van der Waals surface area contributed by atoms with Crippen molar-refractivity contribution in [3.8, 4) is 0 Å². The lowest BCUT2D eigenvalue weighted by Gasteiger charge is -2.41. The van der Waals surface area contributed by atoms with E-state index in [1.165, 1.54) is 0 Å². The molecule has 0 aromatic rings. The minimum absolute atomic E-state index is 0.0580. The maximum atomic E-state index is 11.5. The van der Waals surface area contributed by atoms with Gasteiger partial charge in [-0.2, -0.15) is 0 Å². The molecule has 1 aliphatic rings. The standard InChI is InChI=1S/C13H26N2O2/c1-10(2)17-12(16)14-11-7-6-8-15(9-11)13(3,4)5/h10-11H,6-9H2,1-5H3,(H,14,16). The van der Waals surface area contributed by atoms with Crippen LogP contribution < -0.4 is 5.32 Å². The highest BCUT2D eigenvalue weighted by molar-refractivity contribution is 5.67. The fourth-order valence-electron chi connectivity index (χ4n) is 2.12. The zero-order valence-electron chi connectivity index (χ0n) is 11.7. The zero-order chi connectivity index (χ0) is 13.1. The van der Waals surface area contributed by atoms with Gasteiger partial charge in [0.05, 0.1) is 6.10 Å². The Kier molecular flexibility index (Phi) is 4.80. The smallest absolute Gasteiger partial charge is 0.407 e. The fraction of sp³-hybridized carbons (Fsp3) is 0.923. The van der Waals surface area contributed by atoms with Crippen LogP contribution in [0.25, 0.3) is 0 Å². The second-order valence-corrected chi connectivity index (χ2v) is 6.05. The Balaban J connectivity index is 2.42. The van der Waals surface area contributed by atoms with Crippen molar-refractivity contribution in [2.24, 2.45) is 0 Å². The van der Waals surface area contributed by atoms with E-state index in [9.17, 15) is 4.79 Å². The highest BCUT2D eigenvalue weighted by Gasteiger charge is 2.28. The average molecular weight is 242 g/mol. The van der Waals surface area contributed by atoms with Crippen LogP contribution in [0.15, 0.2) is 0 Å². The first-order chi connectivity index (χ1) is 7.79. The van der Waals surface area contributed by atoms with E-state index in [1.54, 1.807) is 0 Å². The molecule has 1 aliphatic heterocycles. The predicted molar refractivity (Wildman–Crippen MR) is 69.1 cm³/mol. The lowest BCUT2D eigenvalue weighted by atomic mass is 9.98. The highest BCUT2D eigenvalue weighted by Crippen LogP contribution is 2.20. The molecule has 1 saturated heterocycles. The number of piperidine rings is 1. The van der Waals surface area contributed by atoms with Crippen molar-refractivity contribution in [2.75, 3.05) is 13.1 Å². The molecule has 4 heteroatoms. The Bertz CT molecular complexity index is 259. The van der Waals surface area contributed by atoms with Gasteiger partial charge >= 0.3 is 6.09 Å². The van der Waals surface area contributed by atoms with Crippen molar-refractivity contribution in [2.45, 2.75) is 65.1 Å². The lowest BCUT2D eigenvalue weighted by Crippen LogP contribution is -2.53. The minimum atomic E-state index is -0.291. The van der Waals surface area contributed by atoms with Gasteiger partial charge in [0.25, 0.3) is 0 Å². The number of likely N-dealkylation sites (tertiary alicyclic amines) is 1. The van der Waals surface area contributed by atoms with Crippen LogP contribution in [0.5, 0.6) is 0 Å². The summed E-state index contributed by atoms with van der Waals surface area (Å²) in [5, 5.41) is 2.95. The number of amides is 1. The Labute approximate surface area is 105 Å². The molecule has 4 nitrogen and oxygen atoms in total. The van der Waals surface area contributed by atoms with E-state index in [1.807, 2.05) is 13.8 Å². The van der Waals surface area contributed by atoms with Crippen molar-refractivity contribution in [3.63, 3.8) is 0 Å². The quantitative estimate of drug-likeness (QED) is 0.808. The number of hydrogen-bond donors (Lipinski definition) is 1. The lowest BCUT2D eigenvalue weighted by molar-refractivity contribution is 0.0770. The van der Waals surface area contributed by atoms with Crippen LogP contribution in [0, 0.1) is 0 Å². The van der Waals surface area contributed by atoms with Crippen molar-refractivity contribution in [1.29, 1.82) is 0 Å². The number of hydrogen-bond acceptors (Lipinski definition) is 3. The molecule has 1 atom stereocenters. The number of rotatable bonds is 2. The van der Waals surface area contributed by atoms with Crippen molar-refractivity contribution in [3.05, 3.63) is 0 Å². The summed E-state index contributed by atoms with van der Waals surface area (Å²) < 4.78 is 5.11. The molecule has 100 valence electrons. The topological polar surface area (TPSA) is 41.6 Å². The maximum absolute atomic E-state index is 11.5. The number of alkyl carbamates (subject to hydrolysis) is 1. The maximum Gasteiger partial charge on any atom is 0.407 e. The number of carbonyl (C=O) groups is 1. The molecule has 1 N–H and O–H groups in total. The SMILES string of the molecule is CC(C)OC(=O)NC1CCCN(C(C)(C)C)C1. The van der Waals surface area contributed by atoms with Crippen LogP contribution in [-0.2, 0) is 4.74 Å². The molecule has 1 heterocycles. The molecule has 0 aromatic heterocycles. The largest absolute Gasteiger partial charge is 0.447 e. The minimum Gasteiger partial charge on any atom is -0.447 e. The molecule has 0 spiro atoms. The van der Waals surface area contributed by atoms with Crippen LogP contribution in [0.1, 0.15) is 47.5 Å². The van der Waals surface area contributed by atoms with Gasteiger partial charge in [0.1, 0.15) is 0 Å². The summed E-state index contributed by atoms with van der Waals surface area (Å²) in [6, 6.07) is 0.217. The van der Waals surface area contributed by atoms with Crippen molar-refractivity contribution in [1.82, 2.24) is 10.2 Å². The molecule has 1 fully saturated rings. The third-order valence-electron chi connectivity index (χ3n) is 3.03. The Morgan fingerprint density at radius 1 is 1.41 bits per heavy atom. The van der Waals surface area contributed by atoms with Gasteiger partial charge in [-0.15, -0.1) is 0 Å². The van der Waals surface area contributed by atoms with Crippen LogP contribution in [0.4, 0.5) is 4.79 Å². The van der Waals surface area contributed by atoms with Gasteiger partial charge in [0.2, 0.25) is 0 Å². The molecule has 1 rings (SSSR count). The van der Waals surface area contributed by atoms with Crippen molar-refractivity contribution < 1.29 is 9.53 Å². The van der Waals surface area contributed by atoms with Crippen LogP contribution in [0.2, 0.25) is 0 Å². The van der Waals surface area contributed by atoms with Crippen molar-refractivity contribution >= 4 is 6.09 Å². The molecule has 0 aromatic carbocycles. The summed E-state index contributed by atoms with van der Waals surface area (Å²) in [7, 11) is 0. The molecular formula is C13H26N2O2. The van der Waals surface area contributed by atoms with E-state index in [2.05, 4.69) is 31.0 Å². The summed E-state index contributed by atoms with van der Waals surface area (Å²) in [6.45, 7) is 12.4. The third kappa shape index (κ3) is 4.94. The normalized spacial score (nSPS) is 22.6. The second-order valence-electron chi connectivity index (χ2n) is 6.05. The first kappa shape index (κ1) is 14.3. The summed E-state index contributed by atoms with van der Waals surface area (Å²) in [6.07, 6.45) is 1.82. The molecule has 0 aliphatic carbocycles. The molecular weight excluding hydrogens is 216 g/mol. The molecule has 1 amide bonds. The van der Waals surface area contributed by atoms with E-state index in [0.29, 0.717) is 0 Å². The molecule has 0 bridgehead atoms. The number of nitrogens with one attached hydrogen (secondary N) is 1. The Hall–Kier alpha value is -0.770. The number of carbonyl (C=O) groups excluding carboxylic acids is 1. The van der Waals surface area contributed by atoms with E-state index >= 15 is 0 Å². The summed E-state index contributed by atoms with van der Waals surface area (Å²) in [4.78, 5) is 13.9. The Morgan fingerprint density at radius 3 is 2.59 bits per heavy atom. The first-order valence-electron chi connectivity index (χ1n) is 6.51. The molecule has 0 radical (unpaired) electrons. The van der Waals surface area contributed by atoms with Gasteiger partial charge in [0, 0.05) is 18.1 Å². The van der Waals surface area contributed by atoms with Gasteiger partial charge in [0.15, 0.2) is 0 Å². The number of ether oxygens (including phenoxy) is 1. The van der Waals surface area contributed by atoms with Crippen LogP contribution in [-0.4, -0.2) is 41.8 Å². The summed E-state index contributed by atoms with van der Waals surface area (Å²) in [5.74, 6) is 0. The second kappa shape index (κ2) is 5.71. The average Bonchev–Trinajstić information content (AvgIpc) is 2.15. The zero-order valence-corrected chi connectivity index (χ0v) is 11.7. The fourth-order valence-corrected chi connectivity index (χ4v) is 2.12. The number of nitrogens with zero attached hydrogens (tertiary/aromatic N) is 1. The molecule has 0 saturated carbocycles. The first-order valence-corrected chi connectivity index (χ1v) is 6.51. The van der Waals surface area contributed by atoms with Gasteiger partial charge in [-0.25, -0.2) is 4.79 Å². The summed E-state index contributed by atoms with van der Waals surface area (Å²) in [5.41, 5.74) is 0.169. The highest BCUT2D eigenvalue weighted by atomic mass is 16.6. The monoisotopic (exact) mass is 242 g/mol. The third-order valence-corrected chi connectivity index (χ3v) is 3.03. The van der Waals surface area contributed by atoms with E-state index < -0.39 is 0 Å². The van der Waals surface area contributed by atoms with Crippen LogP contribution >= 0.6 is 0 Å². The predicted octanol–water partition coefficient (Wildman–Crippen LogP) is 2.38.